The minimum Gasteiger partial charge on any atom is -0.462 e. The Hall–Kier alpha value is -2.47. The molecule has 2 aliphatic heterocycles. The molecule has 25 heavy (non-hydrogen) atoms. The zero-order chi connectivity index (χ0) is 17.9. The molecule has 0 aromatic heterocycles. The molecule has 3 rings (SSSR count). The van der Waals surface area contributed by atoms with Gasteiger partial charge in [-0.15, -0.1) is 0 Å². The molecule has 0 unspecified atom stereocenters. The van der Waals surface area contributed by atoms with Gasteiger partial charge in [0.25, 0.3) is 11.8 Å². The summed E-state index contributed by atoms with van der Waals surface area (Å²) in [5.74, 6) is -1.17. The van der Waals surface area contributed by atoms with E-state index in [1.165, 1.54) is 12.2 Å². The van der Waals surface area contributed by atoms with Gasteiger partial charge in [-0.3, -0.25) is 9.59 Å². The molecule has 6 nitrogen and oxygen atoms in total. The number of hydrogen-bond acceptors (Lipinski definition) is 5. The van der Waals surface area contributed by atoms with E-state index >= 15 is 0 Å². The summed E-state index contributed by atoms with van der Waals surface area (Å²) in [7, 11) is 0. The molecule has 0 spiro atoms. The number of imide groups is 1. The van der Waals surface area contributed by atoms with Gasteiger partial charge in [0, 0.05) is 17.6 Å². The van der Waals surface area contributed by atoms with E-state index in [9.17, 15) is 14.4 Å². The fourth-order valence-corrected chi connectivity index (χ4v) is 3.01. The molecule has 1 aromatic rings. The Morgan fingerprint density at radius 2 is 1.80 bits per heavy atom. The van der Waals surface area contributed by atoms with Crippen molar-refractivity contribution in [3.63, 3.8) is 0 Å². The van der Waals surface area contributed by atoms with Gasteiger partial charge < -0.3 is 9.47 Å². The van der Waals surface area contributed by atoms with Crippen molar-refractivity contribution in [1.82, 2.24) is 0 Å². The molecular weight excluding hydrogens is 322 g/mol. The summed E-state index contributed by atoms with van der Waals surface area (Å²) in [5, 5.41) is 0. The lowest BCUT2D eigenvalue weighted by atomic mass is 9.79. The van der Waals surface area contributed by atoms with E-state index in [0.29, 0.717) is 17.9 Å². The maximum absolute atomic E-state index is 12.1. The molecule has 0 aliphatic carbocycles. The molecule has 2 amide bonds. The van der Waals surface area contributed by atoms with E-state index in [2.05, 4.69) is 6.92 Å². The number of amides is 2. The zero-order valence-electron chi connectivity index (χ0n) is 14.2. The third-order valence-corrected chi connectivity index (χ3v) is 4.82. The van der Waals surface area contributed by atoms with Crippen molar-refractivity contribution in [2.24, 2.45) is 5.41 Å². The molecule has 132 valence electrons. The lowest BCUT2D eigenvalue weighted by Gasteiger charge is -2.41. The molecule has 0 saturated carbocycles. The van der Waals surface area contributed by atoms with E-state index in [1.54, 1.807) is 24.3 Å². The molecular formula is C19H21NO5. The molecule has 2 heterocycles. The minimum atomic E-state index is -0.404. The van der Waals surface area contributed by atoms with E-state index in [0.717, 1.165) is 37.4 Å². The summed E-state index contributed by atoms with van der Waals surface area (Å²) >= 11 is 0. The number of esters is 1. The SMILES string of the molecule is CCC1(CCCOC(=O)c2ccc(N3C(=O)C=CC3=O)cc2)COC1. The van der Waals surface area contributed by atoms with E-state index in [-0.39, 0.29) is 17.2 Å². The Morgan fingerprint density at radius 1 is 1.16 bits per heavy atom. The van der Waals surface area contributed by atoms with Crippen molar-refractivity contribution in [2.45, 2.75) is 26.2 Å². The third-order valence-electron chi connectivity index (χ3n) is 4.82. The molecule has 6 heteroatoms. The maximum atomic E-state index is 12.1. The Morgan fingerprint density at radius 3 is 2.32 bits per heavy atom. The minimum absolute atomic E-state index is 0.261. The van der Waals surface area contributed by atoms with Gasteiger partial charge in [-0.05, 0) is 43.5 Å². The fraction of sp³-hybridized carbons (Fsp3) is 0.421. The molecule has 0 bridgehead atoms. The fourth-order valence-electron chi connectivity index (χ4n) is 3.01. The van der Waals surface area contributed by atoms with Crippen molar-refractivity contribution < 1.29 is 23.9 Å². The summed E-state index contributed by atoms with van der Waals surface area (Å²) < 4.78 is 10.6. The third kappa shape index (κ3) is 3.64. The highest BCUT2D eigenvalue weighted by molar-refractivity contribution is 6.28. The highest BCUT2D eigenvalue weighted by atomic mass is 16.5. The number of hydrogen-bond donors (Lipinski definition) is 0. The average molecular weight is 343 g/mol. The second-order valence-electron chi connectivity index (χ2n) is 6.48. The van der Waals surface area contributed by atoms with Crippen LogP contribution in [0.2, 0.25) is 0 Å². The van der Waals surface area contributed by atoms with Gasteiger partial charge in [-0.2, -0.15) is 0 Å². The second kappa shape index (κ2) is 7.19. The first kappa shape index (κ1) is 17.4. The lowest BCUT2D eigenvalue weighted by molar-refractivity contribution is -0.121. The first-order chi connectivity index (χ1) is 12.0. The predicted octanol–water partition coefficient (Wildman–Crippen LogP) is 2.48. The van der Waals surface area contributed by atoms with Crippen LogP contribution in [0.25, 0.3) is 0 Å². The van der Waals surface area contributed by atoms with Crippen molar-refractivity contribution in [1.29, 1.82) is 0 Å². The van der Waals surface area contributed by atoms with Crippen LogP contribution < -0.4 is 4.90 Å². The molecule has 1 saturated heterocycles. The van der Waals surface area contributed by atoms with Crippen LogP contribution in [-0.4, -0.2) is 37.6 Å². The van der Waals surface area contributed by atoms with Crippen LogP contribution in [0.3, 0.4) is 0 Å². The van der Waals surface area contributed by atoms with Gasteiger partial charge in [0.15, 0.2) is 0 Å². The van der Waals surface area contributed by atoms with Crippen molar-refractivity contribution in [2.75, 3.05) is 24.7 Å². The maximum Gasteiger partial charge on any atom is 0.338 e. The summed E-state index contributed by atoms with van der Waals surface area (Å²) in [6.07, 6.45) is 5.32. The zero-order valence-corrected chi connectivity index (χ0v) is 14.2. The number of carbonyl (C=O) groups is 3. The number of anilines is 1. The summed E-state index contributed by atoms with van der Waals surface area (Å²) in [6.45, 7) is 4.11. The van der Waals surface area contributed by atoms with Crippen LogP contribution in [-0.2, 0) is 19.1 Å². The van der Waals surface area contributed by atoms with E-state index < -0.39 is 5.97 Å². The second-order valence-corrected chi connectivity index (χ2v) is 6.48. The topological polar surface area (TPSA) is 72.9 Å². The van der Waals surface area contributed by atoms with Gasteiger partial charge in [-0.25, -0.2) is 9.69 Å². The largest absolute Gasteiger partial charge is 0.462 e. The quantitative estimate of drug-likeness (QED) is 0.432. The van der Waals surface area contributed by atoms with Crippen molar-refractivity contribution in [3.8, 4) is 0 Å². The molecule has 0 N–H and O–H groups in total. The van der Waals surface area contributed by atoms with Gasteiger partial charge in [-0.1, -0.05) is 6.92 Å². The molecule has 1 aromatic carbocycles. The summed E-state index contributed by atoms with van der Waals surface area (Å²) in [4.78, 5) is 36.4. The van der Waals surface area contributed by atoms with Gasteiger partial charge in [0.1, 0.15) is 0 Å². The van der Waals surface area contributed by atoms with Crippen LogP contribution in [0.5, 0.6) is 0 Å². The number of rotatable bonds is 7. The monoisotopic (exact) mass is 343 g/mol. The van der Waals surface area contributed by atoms with Crippen molar-refractivity contribution in [3.05, 3.63) is 42.0 Å². The Bertz CT molecular complexity index is 680. The predicted molar refractivity (Wildman–Crippen MR) is 91.1 cm³/mol. The highest BCUT2D eigenvalue weighted by Crippen LogP contribution is 2.35. The van der Waals surface area contributed by atoms with Crippen LogP contribution >= 0.6 is 0 Å². The normalized spacial score (nSPS) is 18.4. The average Bonchev–Trinajstić information content (AvgIpc) is 2.92. The first-order valence-electron chi connectivity index (χ1n) is 8.46. The van der Waals surface area contributed by atoms with Crippen LogP contribution in [0.1, 0.15) is 36.5 Å². The Kier molecular flexibility index (Phi) is 4.99. The van der Waals surface area contributed by atoms with Crippen LogP contribution in [0.15, 0.2) is 36.4 Å². The van der Waals surface area contributed by atoms with Gasteiger partial charge in [0.05, 0.1) is 31.1 Å². The molecule has 0 atom stereocenters. The van der Waals surface area contributed by atoms with Gasteiger partial charge in [0.2, 0.25) is 0 Å². The lowest BCUT2D eigenvalue weighted by Crippen LogP contribution is -2.42. The van der Waals surface area contributed by atoms with E-state index in [4.69, 9.17) is 9.47 Å². The van der Waals surface area contributed by atoms with Gasteiger partial charge >= 0.3 is 5.97 Å². The number of benzene rings is 1. The summed E-state index contributed by atoms with van der Waals surface area (Å²) in [5.41, 5.74) is 1.09. The number of nitrogens with zero attached hydrogens (tertiary/aromatic N) is 1. The number of carbonyl (C=O) groups excluding carboxylic acids is 3. The molecule has 2 aliphatic rings. The summed E-state index contributed by atoms with van der Waals surface area (Å²) in [6, 6.07) is 6.25. The standard InChI is InChI=1S/C19H21NO5/c1-2-19(12-24-13-19)10-3-11-25-18(23)14-4-6-15(7-5-14)20-16(21)8-9-17(20)22/h4-9H,2-3,10-13H2,1H3. The van der Waals surface area contributed by atoms with Crippen molar-refractivity contribution >= 4 is 23.5 Å². The van der Waals surface area contributed by atoms with E-state index in [1.807, 2.05) is 0 Å². The van der Waals surface area contributed by atoms with Crippen LogP contribution in [0.4, 0.5) is 5.69 Å². The highest BCUT2D eigenvalue weighted by Gasteiger charge is 2.35. The van der Waals surface area contributed by atoms with Crippen LogP contribution in [0, 0.1) is 5.41 Å². The Labute approximate surface area is 146 Å². The molecule has 0 radical (unpaired) electrons. The Balaban J connectivity index is 1.49. The number of ether oxygens (including phenoxy) is 2. The smallest absolute Gasteiger partial charge is 0.338 e. The first-order valence-corrected chi connectivity index (χ1v) is 8.46. The molecule has 1 fully saturated rings.